The third-order valence-electron chi connectivity index (χ3n) is 20.0. The van der Waals surface area contributed by atoms with Crippen LogP contribution in [0.3, 0.4) is 0 Å². The molecule has 0 unspecified atom stereocenters. The van der Waals surface area contributed by atoms with Crippen LogP contribution in [0.15, 0.2) is 168 Å². The highest BCUT2D eigenvalue weighted by molar-refractivity contribution is 5.96. The fourth-order valence-corrected chi connectivity index (χ4v) is 13.2. The van der Waals surface area contributed by atoms with Gasteiger partial charge >= 0.3 is 17.9 Å². The molecule has 3 saturated carbocycles. The molecule has 5 aliphatic rings. The van der Waals surface area contributed by atoms with Gasteiger partial charge in [-0.2, -0.15) is 0 Å². The topological polar surface area (TPSA) is 368 Å². The summed E-state index contributed by atoms with van der Waals surface area (Å²) in [6.45, 7) is 9.29. The van der Waals surface area contributed by atoms with Crippen molar-refractivity contribution in [3.8, 4) is 0 Å². The number of hydrogen-bond donors (Lipinski definition) is 8. The van der Waals surface area contributed by atoms with E-state index in [0.29, 0.717) is 88.3 Å². The number of carboxylic acid groups (broad SMARTS) is 1. The highest BCUT2D eigenvalue weighted by Gasteiger charge is 2.41. The number of fused-ring (bicyclic) bond motifs is 4. The minimum atomic E-state index is -1.07. The van der Waals surface area contributed by atoms with Gasteiger partial charge in [0.15, 0.2) is 17.2 Å². The number of carbonyl (C=O) groups excluding carboxylic acids is 3. The number of rotatable bonds is 31. The SMILES string of the molecule is COC(=O)CCCN.COC(=O)CCCN(Cc1ccccc1)Cc1ccccc1.NCCCC1(O)CC1.O=C(CCCCC1(O)CC1)c1noc2c1CN(c1ncnc3[nH]ccc13)CC2.O=C(O)c1noc2c1CN(c1ncnc3[nH]ccc13)CC2.OC1(CCCN(Cc2ccccc2)Cc2ccccc2)CC1. The molecular weight excluding hydrogens is 1380 g/mol. The standard InChI is InChI=1S/C20H23N5O3.C20H25NO.C19H23NO2.C13H11N5O3.C6H13NO.C5H11NO2/c26-15(3-1-2-6-20(27)7-8-20)17-14-11-25(10-5-16(14)28-24-17)19-13-4-9-21-18(13)22-12-23-19;22-20(13-14-20)12-7-15-21(16-18-8-3-1-4-9-18)17-19-10-5-2-6-11-19;1-22-19(21)13-8-14-20(15-17-9-4-2-5-10-17)16-18-11-6-3-7-12-18;19-13(20)10-8-5-18(4-2-9(8)21-17-10)12-7-1-3-14-11(7)15-6-16-12;7-5-1-2-6(8)3-4-6;1-8-5(7)3-2-4-6/h4,9,12,27H,1-3,5-8,10-11H2,(H,21,22,23);1-6,8-11,22H,7,12-17H2;2-7,9-12H,8,13-16H2,1H3;1,3,6H,2,4-5H2,(H,19,20)(H,14,15,16);8H,1-5,7H2;2-4,6H2,1H3. The predicted molar refractivity (Wildman–Crippen MR) is 416 cm³/mol. The van der Waals surface area contributed by atoms with Crippen LogP contribution >= 0.6 is 0 Å². The van der Waals surface area contributed by atoms with E-state index in [4.69, 9.17) is 30.4 Å². The van der Waals surface area contributed by atoms with E-state index in [1.165, 1.54) is 42.8 Å². The van der Waals surface area contributed by atoms with Crippen LogP contribution < -0.4 is 21.3 Å². The van der Waals surface area contributed by atoms with Crippen molar-refractivity contribution in [1.82, 2.24) is 50.0 Å². The van der Waals surface area contributed by atoms with Crippen molar-refractivity contribution < 1.29 is 58.1 Å². The van der Waals surface area contributed by atoms with Gasteiger partial charge in [0.2, 0.25) is 0 Å². The number of Topliss-reactive ketones (excluding diaryl/α,β-unsaturated/α-hetero) is 1. The maximum Gasteiger partial charge on any atom is 0.358 e. The molecule has 2 aliphatic heterocycles. The van der Waals surface area contributed by atoms with Gasteiger partial charge in [-0.3, -0.25) is 24.2 Å². The van der Waals surface area contributed by atoms with Crippen LogP contribution in [0.2, 0.25) is 0 Å². The van der Waals surface area contributed by atoms with Crippen LogP contribution in [0.4, 0.5) is 11.6 Å². The van der Waals surface area contributed by atoms with E-state index in [0.717, 1.165) is 181 Å². The Kier molecular flexibility index (Phi) is 30.6. The number of nitrogens with zero attached hydrogens (tertiary/aromatic N) is 10. The van der Waals surface area contributed by atoms with Crippen LogP contribution in [-0.4, -0.2) is 164 Å². The second-order valence-electron chi connectivity index (χ2n) is 28.7. The monoisotopic (exact) mass is 1490 g/mol. The Bertz CT molecular complexity index is 4330. The molecule has 15 rings (SSSR count). The number of esters is 2. The van der Waals surface area contributed by atoms with Crippen molar-refractivity contribution in [1.29, 1.82) is 0 Å². The molecule has 4 aromatic carbocycles. The normalized spacial score (nSPS) is 15.0. The van der Waals surface area contributed by atoms with E-state index in [9.17, 15) is 34.5 Å². The summed E-state index contributed by atoms with van der Waals surface area (Å²) >= 11 is 0. The van der Waals surface area contributed by atoms with Crippen LogP contribution in [-0.2, 0) is 71.2 Å². The van der Waals surface area contributed by atoms with Crippen LogP contribution in [0.1, 0.15) is 181 Å². The second kappa shape index (κ2) is 40.9. The minimum Gasteiger partial charge on any atom is -0.476 e. The Labute approximate surface area is 636 Å². The number of aromatic amines is 2. The molecule has 580 valence electrons. The van der Waals surface area contributed by atoms with Crippen LogP contribution in [0.25, 0.3) is 22.1 Å². The molecule has 0 bridgehead atoms. The lowest BCUT2D eigenvalue weighted by molar-refractivity contribution is -0.141. The number of hydrogen-bond acceptors (Lipinski definition) is 23. The molecule has 0 radical (unpaired) electrons. The number of ketones is 1. The number of methoxy groups -OCH3 is 2. The van der Waals surface area contributed by atoms with Gasteiger partial charge < -0.3 is 70.2 Å². The van der Waals surface area contributed by atoms with Crippen molar-refractivity contribution in [2.24, 2.45) is 11.5 Å². The third kappa shape index (κ3) is 25.8. The van der Waals surface area contributed by atoms with Crippen molar-refractivity contribution in [3.63, 3.8) is 0 Å². The number of carbonyl (C=O) groups is 4. The largest absolute Gasteiger partial charge is 0.476 e. The highest BCUT2D eigenvalue weighted by Crippen LogP contribution is 2.41. The quantitative estimate of drug-likeness (QED) is 0.0114. The van der Waals surface area contributed by atoms with Gasteiger partial charge in [0, 0.05) is 94.9 Å². The van der Waals surface area contributed by atoms with Gasteiger partial charge in [0.25, 0.3) is 0 Å². The number of nitrogens with one attached hydrogen (secondary N) is 2. The van der Waals surface area contributed by atoms with Gasteiger partial charge in [-0.1, -0.05) is 138 Å². The maximum absolute atomic E-state index is 12.7. The fourth-order valence-electron chi connectivity index (χ4n) is 13.2. The summed E-state index contributed by atoms with van der Waals surface area (Å²) in [4.78, 5) is 77.8. The Balaban J connectivity index is 0.000000146. The van der Waals surface area contributed by atoms with E-state index < -0.39 is 11.6 Å². The number of nitrogens with two attached hydrogens (primary N) is 2. The molecule has 0 atom stereocenters. The number of benzene rings is 4. The number of H-pyrrole nitrogens is 2. The van der Waals surface area contributed by atoms with E-state index in [-0.39, 0.29) is 34.6 Å². The molecule has 3 aliphatic carbocycles. The van der Waals surface area contributed by atoms with E-state index >= 15 is 0 Å². The lowest BCUT2D eigenvalue weighted by atomic mass is 10.0. The van der Waals surface area contributed by atoms with Crippen LogP contribution in [0.5, 0.6) is 0 Å². The summed E-state index contributed by atoms with van der Waals surface area (Å²) in [7, 11) is 2.81. The first-order valence-electron chi connectivity index (χ1n) is 38.0. The van der Waals surface area contributed by atoms with Gasteiger partial charge in [-0.15, -0.1) is 0 Å². The Hall–Kier alpha value is -10.1. The first-order chi connectivity index (χ1) is 53.0. The molecule has 0 amide bonds. The molecule has 0 spiro atoms. The summed E-state index contributed by atoms with van der Waals surface area (Å²) in [6.07, 6.45) is 22.9. The van der Waals surface area contributed by atoms with Gasteiger partial charge in [-0.05, 0) is 150 Å². The molecule has 109 heavy (non-hydrogen) atoms. The molecule has 6 aromatic heterocycles. The van der Waals surface area contributed by atoms with Crippen molar-refractivity contribution in [2.75, 3.05) is 63.3 Å². The molecule has 26 nitrogen and oxygen atoms in total. The molecule has 26 heteroatoms. The summed E-state index contributed by atoms with van der Waals surface area (Å²) < 4.78 is 19.6. The number of aromatic nitrogens is 8. The van der Waals surface area contributed by atoms with E-state index in [2.05, 4.69) is 169 Å². The van der Waals surface area contributed by atoms with Crippen molar-refractivity contribution in [2.45, 2.75) is 184 Å². The molecule has 10 N–H and O–H groups in total. The summed E-state index contributed by atoms with van der Waals surface area (Å²) in [5.74, 6) is 1.70. The first kappa shape index (κ1) is 81.5. The van der Waals surface area contributed by atoms with E-state index in [1.807, 2.05) is 35.4 Å². The smallest absolute Gasteiger partial charge is 0.358 e. The molecule has 0 saturated heterocycles. The Morgan fingerprint density at radius 2 is 0.872 bits per heavy atom. The van der Waals surface area contributed by atoms with Crippen molar-refractivity contribution >= 4 is 57.4 Å². The average Bonchev–Trinajstić information content (AvgIpc) is 1.69. The lowest BCUT2D eigenvalue weighted by Crippen LogP contribution is -2.31. The minimum absolute atomic E-state index is 0.0177. The van der Waals surface area contributed by atoms with Crippen molar-refractivity contribution in [3.05, 3.63) is 215 Å². The first-order valence-corrected chi connectivity index (χ1v) is 38.0. The predicted octanol–water partition coefficient (Wildman–Crippen LogP) is 11.8. The summed E-state index contributed by atoms with van der Waals surface area (Å²) in [5, 5.41) is 47.9. The number of anilines is 2. The number of unbranched alkanes of at least 4 members (excludes halogenated alkanes) is 1. The van der Waals surface area contributed by atoms with Crippen LogP contribution in [0, 0.1) is 0 Å². The second-order valence-corrected chi connectivity index (χ2v) is 28.7. The maximum atomic E-state index is 12.7. The number of ether oxygens (including phenoxy) is 2. The molecule has 3 fully saturated rings. The highest BCUT2D eigenvalue weighted by atomic mass is 16.5. The number of aromatic carboxylic acids is 1. The number of carboxylic acids is 1. The molecule has 8 heterocycles. The summed E-state index contributed by atoms with van der Waals surface area (Å²) in [6, 6.07) is 46.0. The Morgan fingerprint density at radius 1 is 0.486 bits per heavy atom. The fraction of sp³-hybridized carbons (Fsp3) is 0.446. The van der Waals surface area contributed by atoms with Gasteiger partial charge in [0.05, 0.1) is 54.9 Å². The van der Waals surface area contributed by atoms with Gasteiger partial charge in [0.1, 0.15) is 47.1 Å². The number of aliphatic hydroxyl groups is 3. The average molecular weight is 1490 g/mol. The Morgan fingerprint density at radius 3 is 1.28 bits per heavy atom. The zero-order chi connectivity index (χ0) is 76.9. The zero-order valence-electron chi connectivity index (χ0n) is 62.8. The molecule has 10 aromatic rings. The third-order valence-corrected chi connectivity index (χ3v) is 20.0. The van der Waals surface area contributed by atoms with E-state index in [1.54, 1.807) is 12.5 Å². The van der Waals surface area contributed by atoms with Gasteiger partial charge in [-0.25, -0.2) is 24.7 Å². The zero-order valence-corrected chi connectivity index (χ0v) is 62.8. The summed E-state index contributed by atoms with van der Waals surface area (Å²) in [5.41, 5.74) is 18.1. The lowest BCUT2D eigenvalue weighted by Gasteiger charge is -2.27. The molecular formula is C83H106N14O12.